The van der Waals surface area contributed by atoms with Crippen LogP contribution in [0.4, 0.5) is 5.69 Å². The molecule has 0 saturated heterocycles. The minimum Gasteiger partial charge on any atom is -0.457 e. The largest absolute Gasteiger partial charge is 0.457 e. The monoisotopic (exact) mass is 411 g/mol. The van der Waals surface area contributed by atoms with Gasteiger partial charge in [0, 0.05) is 30.6 Å². The van der Waals surface area contributed by atoms with E-state index in [1.807, 2.05) is 55.5 Å². The fourth-order valence-corrected chi connectivity index (χ4v) is 3.31. The number of amides is 2. The Bertz CT molecular complexity index is 1280. The number of aryl methyl sites for hydroxylation is 1. The van der Waals surface area contributed by atoms with Gasteiger partial charge in [0.1, 0.15) is 17.2 Å². The summed E-state index contributed by atoms with van der Waals surface area (Å²) in [5, 5.41) is 7.18. The summed E-state index contributed by atoms with van der Waals surface area (Å²) < 4.78 is 5.91. The molecule has 4 rings (SSSR count). The molecule has 2 amide bonds. The molecule has 6 nitrogen and oxygen atoms in total. The third-order valence-electron chi connectivity index (χ3n) is 4.80. The standard InChI is InChI=1S/C25H21N3O3/c1-16-5-3-7-18(13-16)28-24(29)22-8-4-6-17-14-19(9-10-21(17)22)31-20-11-12-27-23(15-20)25(30)26-2/h3-15H,1-2H3,(H,26,30)(H,28,29). The molecule has 1 aromatic heterocycles. The van der Waals surface area contributed by atoms with Crippen molar-refractivity contribution < 1.29 is 14.3 Å². The summed E-state index contributed by atoms with van der Waals surface area (Å²) in [6, 6.07) is 22.0. The first-order valence-corrected chi connectivity index (χ1v) is 9.80. The van der Waals surface area contributed by atoms with Crippen molar-refractivity contribution in [2.75, 3.05) is 12.4 Å². The zero-order valence-corrected chi connectivity index (χ0v) is 17.2. The van der Waals surface area contributed by atoms with Gasteiger partial charge in [-0.05, 0) is 65.7 Å². The van der Waals surface area contributed by atoms with Crippen LogP contribution in [-0.2, 0) is 0 Å². The average molecular weight is 411 g/mol. The lowest BCUT2D eigenvalue weighted by Gasteiger charge is -2.11. The molecular formula is C25H21N3O3. The van der Waals surface area contributed by atoms with Crippen molar-refractivity contribution in [3.63, 3.8) is 0 Å². The Balaban J connectivity index is 1.59. The van der Waals surface area contributed by atoms with E-state index in [-0.39, 0.29) is 17.5 Å². The number of benzene rings is 3. The fraction of sp³-hybridized carbons (Fsp3) is 0.0800. The maximum absolute atomic E-state index is 12.9. The Morgan fingerprint density at radius 1 is 0.871 bits per heavy atom. The van der Waals surface area contributed by atoms with Gasteiger partial charge in [0.2, 0.25) is 0 Å². The Morgan fingerprint density at radius 3 is 2.48 bits per heavy atom. The van der Waals surface area contributed by atoms with Gasteiger partial charge >= 0.3 is 0 Å². The Hall–Kier alpha value is -4.19. The molecule has 0 atom stereocenters. The van der Waals surface area contributed by atoms with Crippen LogP contribution in [0.3, 0.4) is 0 Å². The van der Waals surface area contributed by atoms with Crippen LogP contribution in [0.5, 0.6) is 11.5 Å². The summed E-state index contributed by atoms with van der Waals surface area (Å²) in [5.41, 5.74) is 2.69. The van der Waals surface area contributed by atoms with Crippen LogP contribution >= 0.6 is 0 Å². The molecule has 0 fully saturated rings. The van der Waals surface area contributed by atoms with E-state index in [1.54, 1.807) is 31.3 Å². The van der Waals surface area contributed by atoms with Crippen molar-refractivity contribution in [1.29, 1.82) is 0 Å². The smallest absolute Gasteiger partial charge is 0.269 e. The number of anilines is 1. The van der Waals surface area contributed by atoms with E-state index in [0.717, 1.165) is 22.0 Å². The molecule has 0 aliphatic carbocycles. The highest BCUT2D eigenvalue weighted by atomic mass is 16.5. The van der Waals surface area contributed by atoms with E-state index in [2.05, 4.69) is 15.6 Å². The number of nitrogens with zero attached hydrogens (tertiary/aromatic N) is 1. The van der Waals surface area contributed by atoms with Gasteiger partial charge in [-0.1, -0.05) is 24.3 Å². The molecule has 0 spiro atoms. The van der Waals surface area contributed by atoms with E-state index in [4.69, 9.17) is 4.74 Å². The number of pyridine rings is 1. The van der Waals surface area contributed by atoms with Crippen molar-refractivity contribution in [3.05, 3.63) is 95.8 Å². The third kappa shape index (κ3) is 4.53. The van der Waals surface area contributed by atoms with Crippen molar-refractivity contribution in [3.8, 4) is 11.5 Å². The number of hydrogen-bond acceptors (Lipinski definition) is 4. The second kappa shape index (κ2) is 8.67. The van der Waals surface area contributed by atoms with Gasteiger partial charge in [0.05, 0.1) is 0 Å². The molecule has 4 aromatic rings. The fourth-order valence-electron chi connectivity index (χ4n) is 3.31. The van der Waals surface area contributed by atoms with Crippen molar-refractivity contribution in [1.82, 2.24) is 10.3 Å². The van der Waals surface area contributed by atoms with Gasteiger partial charge in [0.15, 0.2) is 0 Å². The Labute approximate surface area is 179 Å². The Kier molecular flexibility index (Phi) is 5.62. The van der Waals surface area contributed by atoms with Gasteiger partial charge in [-0.2, -0.15) is 0 Å². The first kappa shape index (κ1) is 20.1. The summed E-state index contributed by atoms with van der Waals surface area (Å²) in [4.78, 5) is 28.7. The lowest BCUT2D eigenvalue weighted by atomic mass is 10.0. The van der Waals surface area contributed by atoms with E-state index < -0.39 is 0 Å². The van der Waals surface area contributed by atoms with Crippen LogP contribution < -0.4 is 15.4 Å². The van der Waals surface area contributed by atoms with E-state index in [1.165, 1.54) is 6.20 Å². The highest BCUT2D eigenvalue weighted by Crippen LogP contribution is 2.28. The van der Waals surface area contributed by atoms with Crippen LogP contribution in [-0.4, -0.2) is 23.8 Å². The van der Waals surface area contributed by atoms with Crippen LogP contribution in [0.15, 0.2) is 79.0 Å². The molecule has 0 saturated carbocycles. The van der Waals surface area contributed by atoms with Crippen molar-refractivity contribution in [2.45, 2.75) is 6.92 Å². The molecule has 2 N–H and O–H groups in total. The van der Waals surface area contributed by atoms with Gasteiger partial charge in [0.25, 0.3) is 11.8 Å². The van der Waals surface area contributed by atoms with Gasteiger partial charge in [-0.25, -0.2) is 0 Å². The lowest BCUT2D eigenvalue weighted by molar-refractivity contribution is 0.0957. The summed E-state index contributed by atoms with van der Waals surface area (Å²) >= 11 is 0. The topological polar surface area (TPSA) is 80.3 Å². The molecule has 0 aliphatic heterocycles. The van der Waals surface area contributed by atoms with Crippen LogP contribution in [0.25, 0.3) is 10.8 Å². The zero-order chi connectivity index (χ0) is 21.8. The predicted molar refractivity (Wildman–Crippen MR) is 121 cm³/mol. The summed E-state index contributed by atoms with van der Waals surface area (Å²) in [6.07, 6.45) is 1.52. The number of hydrogen-bond donors (Lipinski definition) is 2. The van der Waals surface area contributed by atoms with E-state index >= 15 is 0 Å². The molecular weight excluding hydrogens is 390 g/mol. The quantitative estimate of drug-likeness (QED) is 0.487. The van der Waals surface area contributed by atoms with Gasteiger partial charge in [-0.3, -0.25) is 14.6 Å². The highest BCUT2D eigenvalue weighted by Gasteiger charge is 2.12. The second-order valence-electron chi connectivity index (χ2n) is 7.07. The van der Waals surface area contributed by atoms with Crippen molar-refractivity contribution in [2.24, 2.45) is 0 Å². The summed E-state index contributed by atoms with van der Waals surface area (Å²) in [5.74, 6) is 0.640. The summed E-state index contributed by atoms with van der Waals surface area (Å²) in [6.45, 7) is 1.98. The summed E-state index contributed by atoms with van der Waals surface area (Å²) in [7, 11) is 1.55. The third-order valence-corrected chi connectivity index (χ3v) is 4.80. The van der Waals surface area contributed by atoms with E-state index in [0.29, 0.717) is 17.1 Å². The first-order valence-electron chi connectivity index (χ1n) is 9.80. The molecule has 31 heavy (non-hydrogen) atoms. The van der Waals surface area contributed by atoms with Crippen LogP contribution in [0.2, 0.25) is 0 Å². The molecule has 1 heterocycles. The Morgan fingerprint density at radius 2 is 1.68 bits per heavy atom. The lowest BCUT2D eigenvalue weighted by Crippen LogP contribution is -2.18. The molecule has 6 heteroatoms. The predicted octanol–water partition coefficient (Wildman–Crippen LogP) is 4.95. The molecule has 0 aliphatic rings. The number of aromatic nitrogens is 1. The number of fused-ring (bicyclic) bond motifs is 1. The van der Waals surface area contributed by atoms with Crippen LogP contribution in [0.1, 0.15) is 26.4 Å². The molecule has 3 aromatic carbocycles. The molecule has 0 unspecified atom stereocenters. The SMILES string of the molecule is CNC(=O)c1cc(Oc2ccc3c(C(=O)Nc4cccc(C)c4)cccc3c2)ccn1. The number of rotatable bonds is 5. The maximum atomic E-state index is 12.9. The van der Waals surface area contributed by atoms with E-state index in [9.17, 15) is 9.59 Å². The second-order valence-corrected chi connectivity index (χ2v) is 7.07. The molecule has 0 radical (unpaired) electrons. The minimum absolute atomic E-state index is 0.172. The van der Waals surface area contributed by atoms with Crippen LogP contribution in [0, 0.1) is 6.92 Å². The number of carbonyl (C=O) groups is 2. The van der Waals surface area contributed by atoms with Gasteiger partial charge in [-0.15, -0.1) is 0 Å². The maximum Gasteiger partial charge on any atom is 0.269 e. The van der Waals surface area contributed by atoms with Gasteiger partial charge < -0.3 is 15.4 Å². The number of nitrogens with one attached hydrogen (secondary N) is 2. The first-order chi connectivity index (χ1) is 15.0. The zero-order valence-electron chi connectivity index (χ0n) is 17.2. The molecule has 154 valence electrons. The average Bonchev–Trinajstić information content (AvgIpc) is 2.78. The van der Waals surface area contributed by atoms with Crippen molar-refractivity contribution >= 4 is 28.3 Å². The number of carbonyl (C=O) groups excluding carboxylic acids is 2. The highest BCUT2D eigenvalue weighted by molar-refractivity contribution is 6.13. The normalized spacial score (nSPS) is 10.5. The number of ether oxygens (including phenoxy) is 1. The molecule has 0 bridgehead atoms. The minimum atomic E-state index is -0.284.